The van der Waals surface area contributed by atoms with Crippen LogP contribution in [0.2, 0.25) is 0 Å². The van der Waals surface area contributed by atoms with E-state index in [0.717, 1.165) is 22.3 Å². The third-order valence-electron chi connectivity index (χ3n) is 4.40. The van der Waals surface area contributed by atoms with E-state index in [0.29, 0.717) is 23.8 Å². The highest BCUT2D eigenvalue weighted by atomic mass is 35.5. The summed E-state index contributed by atoms with van der Waals surface area (Å²) in [7, 11) is -3.47. The number of halogens is 1. The van der Waals surface area contributed by atoms with E-state index < -0.39 is 10.0 Å². The van der Waals surface area contributed by atoms with Gasteiger partial charge in [0.05, 0.1) is 10.8 Å². The van der Waals surface area contributed by atoms with Crippen LogP contribution in [0.25, 0.3) is 16.7 Å². The summed E-state index contributed by atoms with van der Waals surface area (Å²) in [6.07, 6.45) is 4.04. The summed E-state index contributed by atoms with van der Waals surface area (Å²) in [4.78, 5) is 1.83. The van der Waals surface area contributed by atoms with E-state index in [-0.39, 0.29) is 5.75 Å². The minimum atomic E-state index is -3.47. The van der Waals surface area contributed by atoms with Crippen LogP contribution in [0.4, 0.5) is 0 Å². The van der Waals surface area contributed by atoms with Gasteiger partial charge in [-0.2, -0.15) is 0 Å². The van der Waals surface area contributed by atoms with E-state index in [4.69, 9.17) is 11.6 Å². The van der Waals surface area contributed by atoms with Crippen LogP contribution in [0.15, 0.2) is 76.3 Å². The summed E-state index contributed by atoms with van der Waals surface area (Å²) in [5.41, 5.74) is 3.84. The Morgan fingerprint density at radius 3 is 2.31 bits per heavy atom. The molecule has 0 amide bonds. The number of amidine groups is 1. The van der Waals surface area contributed by atoms with E-state index >= 15 is 0 Å². The van der Waals surface area contributed by atoms with Crippen LogP contribution in [0, 0.1) is 0 Å². The highest BCUT2D eigenvalue weighted by Crippen LogP contribution is 2.30. The number of hydrogen-bond acceptors (Lipinski definition) is 3. The maximum absolute atomic E-state index is 12.1. The molecule has 2 aliphatic heterocycles. The minimum Gasteiger partial charge on any atom is -0.330 e. The van der Waals surface area contributed by atoms with Crippen molar-refractivity contribution in [2.24, 2.45) is 4.40 Å². The van der Waals surface area contributed by atoms with Crippen molar-refractivity contribution < 1.29 is 8.42 Å². The zero-order chi connectivity index (χ0) is 18.1. The summed E-state index contributed by atoms with van der Waals surface area (Å²) < 4.78 is 28.3. The Balaban J connectivity index is 1.76. The minimum absolute atomic E-state index is 0.0543. The molecule has 0 saturated carbocycles. The Kier molecular flexibility index (Phi) is 4.42. The molecule has 0 N–H and O–H groups in total. The predicted molar refractivity (Wildman–Crippen MR) is 106 cm³/mol. The molecule has 0 spiro atoms. The first kappa shape index (κ1) is 17.1. The monoisotopic (exact) mass is 384 g/mol. The third-order valence-corrected chi connectivity index (χ3v) is 5.87. The van der Waals surface area contributed by atoms with Crippen LogP contribution >= 0.6 is 11.6 Å². The van der Waals surface area contributed by atoms with Crippen molar-refractivity contribution in [3.8, 4) is 11.1 Å². The molecule has 0 aliphatic carbocycles. The fourth-order valence-corrected chi connectivity index (χ4v) is 4.44. The molecule has 132 valence electrons. The summed E-state index contributed by atoms with van der Waals surface area (Å²) >= 11 is 6.27. The zero-order valence-electron chi connectivity index (χ0n) is 14.0. The van der Waals surface area contributed by atoms with Gasteiger partial charge in [-0.25, -0.2) is 8.42 Å². The van der Waals surface area contributed by atoms with Gasteiger partial charge in [-0.1, -0.05) is 66.2 Å². The van der Waals surface area contributed by atoms with Crippen molar-refractivity contribution >= 4 is 33.0 Å². The number of sulfonamides is 1. The Morgan fingerprint density at radius 1 is 0.923 bits per heavy atom. The van der Waals surface area contributed by atoms with Gasteiger partial charge in [-0.3, -0.25) is 0 Å². The standard InChI is InChI=1S/C20H17ClN2O2S/c21-18-13-19(20-22-26(24,25)12-4-11-23(20)14-18)17-9-7-16(8-10-17)15-5-2-1-3-6-15/h1-3,5-10,13-14H,4,11-12H2. The van der Waals surface area contributed by atoms with Crippen LogP contribution in [-0.4, -0.2) is 31.5 Å². The van der Waals surface area contributed by atoms with Crippen LogP contribution < -0.4 is 0 Å². The van der Waals surface area contributed by atoms with Gasteiger partial charge in [0.1, 0.15) is 0 Å². The van der Waals surface area contributed by atoms with Gasteiger partial charge in [-0.05, 0) is 29.2 Å². The lowest BCUT2D eigenvalue weighted by Crippen LogP contribution is -2.29. The SMILES string of the molecule is O=S1(=O)CCCN2C=C(Cl)C=C(c3ccc(-c4ccccc4)cc3)C2=N1. The Bertz CT molecular complexity index is 1020. The second-order valence-corrected chi connectivity index (χ2v) is 8.45. The topological polar surface area (TPSA) is 49.7 Å². The second-order valence-electron chi connectivity index (χ2n) is 6.26. The molecule has 0 atom stereocenters. The fraction of sp³-hybridized carbons (Fsp3) is 0.150. The molecule has 0 saturated heterocycles. The first-order chi connectivity index (χ1) is 12.5. The highest BCUT2D eigenvalue weighted by molar-refractivity contribution is 7.90. The van der Waals surface area contributed by atoms with Gasteiger partial charge >= 0.3 is 0 Å². The van der Waals surface area contributed by atoms with Gasteiger partial charge in [0.15, 0.2) is 5.84 Å². The molecule has 2 heterocycles. The van der Waals surface area contributed by atoms with Gasteiger partial charge in [0.2, 0.25) is 0 Å². The molecule has 0 radical (unpaired) electrons. The zero-order valence-corrected chi connectivity index (χ0v) is 15.5. The molecule has 0 aromatic heterocycles. The number of benzene rings is 2. The third kappa shape index (κ3) is 3.45. The average Bonchev–Trinajstić information content (AvgIpc) is 2.79. The lowest BCUT2D eigenvalue weighted by atomic mass is 9.98. The second kappa shape index (κ2) is 6.74. The van der Waals surface area contributed by atoms with E-state index in [1.165, 1.54) is 0 Å². The quantitative estimate of drug-likeness (QED) is 0.777. The largest absolute Gasteiger partial charge is 0.330 e. The number of allylic oxidation sites excluding steroid dienone is 2. The van der Waals surface area contributed by atoms with Gasteiger partial charge in [0.25, 0.3) is 10.0 Å². The van der Waals surface area contributed by atoms with E-state index in [1.54, 1.807) is 12.3 Å². The van der Waals surface area contributed by atoms with Gasteiger partial charge in [-0.15, -0.1) is 4.40 Å². The summed E-state index contributed by atoms with van der Waals surface area (Å²) in [6.45, 7) is 0.577. The molecule has 0 bridgehead atoms. The Morgan fingerprint density at radius 2 is 1.58 bits per heavy atom. The average molecular weight is 385 g/mol. The Hall–Kier alpha value is -2.37. The predicted octanol–water partition coefficient (Wildman–Crippen LogP) is 4.26. The molecule has 2 aliphatic rings. The molecule has 0 fully saturated rings. The maximum atomic E-state index is 12.1. The highest BCUT2D eigenvalue weighted by Gasteiger charge is 2.26. The smallest absolute Gasteiger partial charge is 0.255 e. The molecule has 26 heavy (non-hydrogen) atoms. The number of hydrogen-bond donors (Lipinski definition) is 0. The molecule has 0 unspecified atom stereocenters. The van der Waals surface area contributed by atoms with Gasteiger partial charge < -0.3 is 4.90 Å². The van der Waals surface area contributed by atoms with E-state index in [1.807, 2.05) is 47.4 Å². The number of nitrogens with zero attached hydrogens (tertiary/aromatic N) is 2. The molecular weight excluding hydrogens is 368 g/mol. The first-order valence-corrected chi connectivity index (χ1v) is 10.4. The first-order valence-electron chi connectivity index (χ1n) is 8.36. The van der Waals surface area contributed by atoms with Crippen molar-refractivity contribution in [2.45, 2.75) is 6.42 Å². The van der Waals surface area contributed by atoms with Crippen molar-refractivity contribution in [2.75, 3.05) is 12.3 Å². The molecule has 6 heteroatoms. The normalized spacial score (nSPS) is 19.0. The van der Waals surface area contributed by atoms with Crippen LogP contribution in [0.5, 0.6) is 0 Å². The van der Waals surface area contributed by atoms with Crippen molar-refractivity contribution in [3.05, 3.63) is 77.5 Å². The van der Waals surface area contributed by atoms with E-state index in [2.05, 4.69) is 16.5 Å². The Labute approximate surface area is 158 Å². The summed E-state index contributed by atoms with van der Waals surface area (Å²) in [5.74, 6) is 0.498. The number of rotatable bonds is 2. The molecule has 2 aromatic rings. The van der Waals surface area contributed by atoms with Crippen LogP contribution in [0.1, 0.15) is 12.0 Å². The maximum Gasteiger partial charge on any atom is 0.255 e. The molecule has 4 rings (SSSR count). The summed E-state index contributed by atoms with van der Waals surface area (Å²) in [6, 6.07) is 18.1. The molecule has 2 aromatic carbocycles. The summed E-state index contributed by atoms with van der Waals surface area (Å²) in [5, 5.41) is 0.561. The number of fused-ring (bicyclic) bond motifs is 1. The van der Waals surface area contributed by atoms with Crippen LogP contribution in [0.3, 0.4) is 0 Å². The van der Waals surface area contributed by atoms with Crippen molar-refractivity contribution in [3.63, 3.8) is 0 Å². The van der Waals surface area contributed by atoms with E-state index in [9.17, 15) is 8.42 Å². The van der Waals surface area contributed by atoms with Crippen molar-refractivity contribution in [1.82, 2.24) is 4.90 Å². The van der Waals surface area contributed by atoms with Gasteiger partial charge in [0, 0.05) is 18.3 Å². The lowest BCUT2D eigenvalue weighted by Gasteiger charge is -2.26. The lowest BCUT2D eigenvalue weighted by molar-refractivity contribution is 0.553. The van der Waals surface area contributed by atoms with Crippen molar-refractivity contribution in [1.29, 1.82) is 0 Å². The molecular formula is C20H17ClN2O2S. The molecule has 4 nitrogen and oxygen atoms in total. The fourth-order valence-electron chi connectivity index (χ4n) is 3.16. The van der Waals surface area contributed by atoms with Crippen LogP contribution in [-0.2, 0) is 10.0 Å².